The van der Waals surface area contributed by atoms with Crippen molar-refractivity contribution < 1.29 is 14.4 Å². The number of hydrogen-bond acceptors (Lipinski definition) is 5. The lowest BCUT2D eigenvalue weighted by molar-refractivity contribution is -0.130. The Balaban J connectivity index is 2.04. The zero-order valence-corrected chi connectivity index (χ0v) is 19.0. The molecule has 0 heterocycles. The van der Waals surface area contributed by atoms with E-state index in [0.29, 0.717) is 12.2 Å². The van der Waals surface area contributed by atoms with E-state index < -0.39 is 24.0 Å². The van der Waals surface area contributed by atoms with Gasteiger partial charge in [0.25, 0.3) is 0 Å². The Morgan fingerprint density at radius 1 is 0.839 bits per heavy atom. The van der Waals surface area contributed by atoms with Gasteiger partial charge >= 0.3 is 0 Å². The molecule has 2 rings (SSSR count). The third-order valence-electron chi connectivity index (χ3n) is 4.88. The van der Waals surface area contributed by atoms with E-state index in [1.54, 1.807) is 6.92 Å². The minimum absolute atomic E-state index is 0.0444. The molecule has 0 aliphatic rings. The molecular formula is C24H31N3O3S. The summed E-state index contributed by atoms with van der Waals surface area (Å²) in [5, 5.41) is 5.32. The second kappa shape index (κ2) is 12.3. The van der Waals surface area contributed by atoms with Crippen LogP contribution in [0.2, 0.25) is 0 Å². The predicted molar refractivity (Wildman–Crippen MR) is 125 cm³/mol. The van der Waals surface area contributed by atoms with Crippen LogP contribution in [0.4, 0.5) is 0 Å². The predicted octanol–water partition coefficient (Wildman–Crippen LogP) is 2.66. The number of nitrogens with two attached hydrogens (primary N) is 1. The summed E-state index contributed by atoms with van der Waals surface area (Å²) in [6, 6.07) is 17.0. The molecule has 166 valence electrons. The van der Waals surface area contributed by atoms with Crippen LogP contribution in [0.5, 0.6) is 0 Å². The van der Waals surface area contributed by atoms with Crippen molar-refractivity contribution in [1.82, 2.24) is 10.6 Å². The molecule has 0 spiro atoms. The highest BCUT2D eigenvalue weighted by Gasteiger charge is 2.26. The molecule has 0 fully saturated rings. The van der Waals surface area contributed by atoms with Crippen molar-refractivity contribution in [2.24, 2.45) is 11.7 Å². The van der Waals surface area contributed by atoms with Crippen molar-refractivity contribution in [3.63, 3.8) is 0 Å². The van der Waals surface area contributed by atoms with Gasteiger partial charge in [0.2, 0.25) is 16.9 Å². The van der Waals surface area contributed by atoms with Crippen molar-refractivity contribution in [3.05, 3.63) is 71.8 Å². The lowest BCUT2D eigenvalue weighted by atomic mass is 10.0. The van der Waals surface area contributed by atoms with E-state index in [0.717, 1.165) is 11.1 Å². The first-order valence-corrected chi connectivity index (χ1v) is 11.4. The normalized spacial score (nSPS) is 13.8. The van der Waals surface area contributed by atoms with Crippen LogP contribution in [-0.4, -0.2) is 35.1 Å². The second-order valence-corrected chi connectivity index (χ2v) is 8.82. The zero-order valence-electron chi connectivity index (χ0n) is 18.2. The van der Waals surface area contributed by atoms with Gasteiger partial charge in [-0.2, -0.15) is 0 Å². The summed E-state index contributed by atoms with van der Waals surface area (Å²) in [4.78, 5) is 37.8. The van der Waals surface area contributed by atoms with Gasteiger partial charge < -0.3 is 16.4 Å². The van der Waals surface area contributed by atoms with Gasteiger partial charge in [-0.3, -0.25) is 14.4 Å². The van der Waals surface area contributed by atoms with Crippen LogP contribution in [0, 0.1) is 5.92 Å². The fourth-order valence-corrected chi connectivity index (χ4v) is 3.69. The molecule has 0 saturated carbocycles. The fraction of sp³-hybridized carbons (Fsp3) is 0.375. The summed E-state index contributed by atoms with van der Waals surface area (Å²) in [5.74, 6) is -0.325. The number of nitrogens with one attached hydrogen (secondary N) is 2. The molecule has 7 heteroatoms. The maximum atomic E-state index is 12.9. The molecule has 0 aliphatic carbocycles. The summed E-state index contributed by atoms with van der Waals surface area (Å²) in [6.45, 7) is 5.27. The van der Waals surface area contributed by atoms with Crippen LogP contribution in [0.15, 0.2) is 60.7 Å². The van der Waals surface area contributed by atoms with E-state index in [2.05, 4.69) is 10.6 Å². The van der Waals surface area contributed by atoms with Gasteiger partial charge in [0, 0.05) is 12.2 Å². The van der Waals surface area contributed by atoms with Gasteiger partial charge in [0.1, 0.15) is 12.1 Å². The molecule has 0 unspecified atom stereocenters. The van der Waals surface area contributed by atoms with E-state index in [9.17, 15) is 14.4 Å². The third-order valence-corrected chi connectivity index (χ3v) is 5.93. The standard InChI is InChI=1S/C24H31N3O3S/c1-16(2)21(25)23(29)26-17(3)22(28)27-20(14-18-10-6-4-7-11-18)24(30)31-15-19-12-8-5-9-13-19/h4-13,16-17,20-21H,14-15,25H2,1-3H3,(H,26,29)(H,27,28)/t17-,20+,21-/m0/s1. The molecule has 2 aromatic carbocycles. The van der Waals surface area contributed by atoms with E-state index in [-0.39, 0.29) is 16.9 Å². The monoisotopic (exact) mass is 441 g/mol. The van der Waals surface area contributed by atoms with E-state index in [1.807, 2.05) is 74.5 Å². The second-order valence-electron chi connectivity index (χ2n) is 7.84. The minimum atomic E-state index is -0.803. The minimum Gasteiger partial charge on any atom is -0.343 e. The fourth-order valence-electron chi connectivity index (χ4n) is 2.85. The Bertz CT molecular complexity index is 859. The first-order valence-electron chi connectivity index (χ1n) is 10.4. The Morgan fingerprint density at radius 3 is 1.94 bits per heavy atom. The highest BCUT2D eigenvalue weighted by molar-refractivity contribution is 8.13. The molecular weight excluding hydrogens is 410 g/mol. The first kappa shape index (κ1) is 24.6. The molecule has 31 heavy (non-hydrogen) atoms. The van der Waals surface area contributed by atoms with Crippen LogP contribution in [-0.2, 0) is 26.6 Å². The van der Waals surface area contributed by atoms with Crippen LogP contribution in [0.3, 0.4) is 0 Å². The first-order chi connectivity index (χ1) is 14.8. The van der Waals surface area contributed by atoms with Crippen molar-refractivity contribution in [2.45, 2.75) is 51.1 Å². The summed E-state index contributed by atoms with van der Waals surface area (Å²) in [5.41, 5.74) is 7.83. The quantitative estimate of drug-likeness (QED) is 0.526. The molecule has 0 radical (unpaired) electrons. The van der Waals surface area contributed by atoms with Gasteiger partial charge in [0.15, 0.2) is 0 Å². The number of amides is 2. The van der Waals surface area contributed by atoms with E-state index >= 15 is 0 Å². The number of rotatable bonds is 10. The summed E-state index contributed by atoms with van der Waals surface area (Å²) < 4.78 is 0. The molecule has 0 saturated heterocycles. The van der Waals surface area contributed by atoms with E-state index in [1.165, 1.54) is 11.8 Å². The number of benzene rings is 2. The molecule has 3 atom stereocenters. The number of carbonyl (C=O) groups excluding carboxylic acids is 3. The Kier molecular flexibility index (Phi) is 9.75. The lowest BCUT2D eigenvalue weighted by Gasteiger charge is -2.22. The van der Waals surface area contributed by atoms with Gasteiger partial charge in [-0.05, 0) is 24.0 Å². The molecule has 0 aromatic heterocycles. The lowest BCUT2D eigenvalue weighted by Crippen LogP contribution is -2.54. The summed E-state index contributed by atoms with van der Waals surface area (Å²) >= 11 is 1.17. The van der Waals surface area contributed by atoms with Crippen molar-refractivity contribution >= 4 is 28.7 Å². The van der Waals surface area contributed by atoms with Crippen molar-refractivity contribution in [3.8, 4) is 0 Å². The maximum absolute atomic E-state index is 12.9. The van der Waals surface area contributed by atoms with Gasteiger partial charge in [-0.15, -0.1) is 0 Å². The highest BCUT2D eigenvalue weighted by Crippen LogP contribution is 2.17. The zero-order chi connectivity index (χ0) is 22.8. The topological polar surface area (TPSA) is 101 Å². The molecule has 0 bridgehead atoms. The van der Waals surface area contributed by atoms with Crippen LogP contribution < -0.4 is 16.4 Å². The third kappa shape index (κ3) is 8.19. The van der Waals surface area contributed by atoms with Crippen LogP contribution >= 0.6 is 11.8 Å². The molecule has 0 aliphatic heterocycles. The number of thioether (sulfide) groups is 1. The van der Waals surface area contributed by atoms with Crippen LogP contribution in [0.1, 0.15) is 31.9 Å². The molecule has 4 N–H and O–H groups in total. The maximum Gasteiger partial charge on any atom is 0.242 e. The smallest absolute Gasteiger partial charge is 0.242 e. The SMILES string of the molecule is CC(C)[C@H](N)C(=O)N[C@@H](C)C(=O)N[C@H](Cc1ccccc1)C(=O)SCc1ccccc1. The average Bonchev–Trinajstić information content (AvgIpc) is 2.77. The summed E-state index contributed by atoms with van der Waals surface area (Å²) in [7, 11) is 0. The Hall–Kier alpha value is -2.64. The summed E-state index contributed by atoms with van der Waals surface area (Å²) in [6.07, 6.45) is 0.374. The van der Waals surface area contributed by atoms with Crippen molar-refractivity contribution in [2.75, 3.05) is 0 Å². The van der Waals surface area contributed by atoms with Crippen molar-refractivity contribution in [1.29, 1.82) is 0 Å². The molecule has 2 amide bonds. The highest BCUT2D eigenvalue weighted by atomic mass is 32.2. The van der Waals surface area contributed by atoms with Gasteiger partial charge in [-0.25, -0.2) is 0 Å². The van der Waals surface area contributed by atoms with Crippen LogP contribution in [0.25, 0.3) is 0 Å². The molecule has 2 aromatic rings. The molecule has 6 nitrogen and oxygen atoms in total. The Labute approximate surface area is 188 Å². The Morgan fingerprint density at radius 2 is 1.39 bits per heavy atom. The van der Waals surface area contributed by atoms with Gasteiger partial charge in [-0.1, -0.05) is 86.3 Å². The number of hydrogen-bond donors (Lipinski definition) is 3. The largest absolute Gasteiger partial charge is 0.343 e. The van der Waals surface area contributed by atoms with E-state index in [4.69, 9.17) is 5.73 Å². The van der Waals surface area contributed by atoms with Gasteiger partial charge in [0.05, 0.1) is 6.04 Å². The average molecular weight is 442 g/mol. The number of carbonyl (C=O) groups is 3.